The van der Waals surface area contributed by atoms with Gasteiger partial charge in [-0.3, -0.25) is 9.67 Å². The highest BCUT2D eigenvalue weighted by Crippen LogP contribution is 2.24. The summed E-state index contributed by atoms with van der Waals surface area (Å²) in [5.74, 6) is 2.59. The van der Waals surface area contributed by atoms with Gasteiger partial charge in [0.25, 0.3) is 0 Å². The van der Waals surface area contributed by atoms with Gasteiger partial charge in [0.15, 0.2) is 11.5 Å². The maximum Gasteiger partial charge on any atom is 0.164 e. The van der Waals surface area contributed by atoms with E-state index in [-0.39, 0.29) is 0 Å². The second-order valence-electron chi connectivity index (χ2n) is 6.31. The molecule has 0 atom stereocenters. The summed E-state index contributed by atoms with van der Waals surface area (Å²) in [4.78, 5) is 17.8. The molecule has 4 aromatic rings. The molecule has 0 aliphatic carbocycles. The SMILES string of the molecule is CCc1nccn1CCCNc1nc(-c2ccncc2)nc2c1cnn2C. The van der Waals surface area contributed by atoms with Crippen molar-refractivity contribution in [3.8, 4) is 11.4 Å². The van der Waals surface area contributed by atoms with Gasteiger partial charge in [-0.05, 0) is 18.6 Å². The molecule has 1 N–H and O–H groups in total. The Labute approximate surface area is 157 Å². The van der Waals surface area contributed by atoms with Crippen molar-refractivity contribution in [3.63, 3.8) is 0 Å². The third kappa shape index (κ3) is 3.51. The van der Waals surface area contributed by atoms with Crippen molar-refractivity contribution in [1.82, 2.24) is 34.3 Å². The molecule has 0 bridgehead atoms. The molecule has 0 radical (unpaired) electrons. The molecular formula is C19H22N8. The van der Waals surface area contributed by atoms with Crippen LogP contribution in [0.15, 0.2) is 43.1 Å². The van der Waals surface area contributed by atoms with Crippen molar-refractivity contribution < 1.29 is 0 Å². The Balaban J connectivity index is 1.54. The van der Waals surface area contributed by atoms with Crippen LogP contribution in [-0.4, -0.2) is 40.8 Å². The van der Waals surface area contributed by atoms with E-state index in [9.17, 15) is 0 Å². The lowest BCUT2D eigenvalue weighted by Crippen LogP contribution is -2.10. The number of hydrogen-bond donors (Lipinski definition) is 1. The van der Waals surface area contributed by atoms with Gasteiger partial charge in [-0.2, -0.15) is 5.10 Å². The minimum Gasteiger partial charge on any atom is -0.369 e. The number of nitrogens with one attached hydrogen (secondary N) is 1. The molecule has 8 nitrogen and oxygen atoms in total. The summed E-state index contributed by atoms with van der Waals surface area (Å²) in [6.07, 6.45) is 11.1. The molecule has 0 saturated heterocycles. The normalized spacial score (nSPS) is 11.2. The second-order valence-corrected chi connectivity index (χ2v) is 6.31. The van der Waals surface area contributed by atoms with Crippen LogP contribution in [0.5, 0.6) is 0 Å². The lowest BCUT2D eigenvalue weighted by atomic mass is 10.2. The molecule has 0 saturated carbocycles. The lowest BCUT2D eigenvalue weighted by molar-refractivity contribution is 0.629. The number of aryl methyl sites for hydroxylation is 3. The molecule has 4 rings (SSSR count). The van der Waals surface area contributed by atoms with Crippen LogP contribution in [-0.2, 0) is 20.0 Å². The van der Waals surface area contributed by atoms with Gasteiger partial charge < -0.3 is 9.88 Å². The van der Waals surface area contributed by atoms with Gasteiger partial charge >= 0.3 is 0 Å². The van der Waals surface area contributed by atoms with E-state index in [0.717, 1.165) is 54.2 Å². The van der Waals surface area contributed by atoms with Crippen molar-refractivity contribution in [3.05, 3.63) is 48.9 Å². The van der Waals surface area contributed by atoms with Gasteiger partial charge in [0, 0.05) is 56.9 Å². The zero-order valence-electron chi connectivity index (χ0n) is 15.5. The Morgan fingerprint density at radius 1 is 1.11 bits per heavy atom. The average Bonchev–Trinajstić information content (AvgIpc) is 3.32. The Bertz CT molecular complexity index is 1030. The number of hydrogen-bond acceptors (Lipinski definition) is 6. The maximum atomic E-state index is 4.73. The number of anilines is 1. The van der Waals surface area contributed by atoms with Crippen LogP contribution in [0.1, 0.15) is 19.2 Å². The summed E-state index contributed by atoms with van der Waals surface area (Å²) in [7, 11) is 1.89. The van der Waals surface area contributed by atoms with Crippen molar-refractivity contribution >= 4 is 16.9 Å². The first-order chi connectivity index (χ1) is 13.3. The predicted octanol–water partition coefficient (Wildman–Crippen LogP) is 2.69. The van der Waals surface area contributed by atoms with E-state index in [1.54, 1.807) is 23.3 Å². The highest BCUT2D eigenvalue weighted by Gasteiger charge is 2.12. The fraction of sp³-hybridized carbons (Fsp3) is 0.316. The number of imidazole rings is 1. The average molecular weight is 362 g/mol. The Morgan fingerprint density at radius 3 is 2.78 bits per heavy atom. The topological polar surface area (TPSA) is 86.3 Å². The monoisotopic (exact) mass is 362 g/mol. The van der Waals surface area contributed by atoms with Crippen LogP contribution in [0.4, 0.5) is 5.82 Å². The zero-order valence-corrected chi connectivity index (χ0v) is 15.5. The molecule has 8 heteroatoms. The smallest absolute Gasteiger partial charge is 0.164 e. The van der Waals surface area contributed by atoms with Gasteiger partial charge in [-0.25, -0.2) is 15.0 Å². The fourth-order valence-corrected chi connectivity index (χ4v) is 3.10. The standard InChI is InChI=1S/C19H22N8/c1-3-16-21-10-12-27(16)11-4-7-22-18-15-13-23-26(2)19(15)25-17(24-18)14-5-8-20-9-6-14/h5-6,8-10,12-13H,3-4,7,11H2,1-2H3,(H,22,24,25). The number of pyridine rings is 1. The summed E-state index contributed by atoms with van der Waals surface area (Å²) in [5, 5.41) is 8.71. The van der Waals surface area contributed by atoms with Gasteiger partial charge in [0.05, 0.1) is 11.6 Å². The first-order valence-corrected chi connectivity index (χ1v) is 9.10. The third-order valence-corrected chi connectivity index (χ3v) is 4.52. The van der Waals surface area contributed by atoms with Crippen molar-refractivity contribution in [2.75, 3.05) is 11.9 Å². The lowest BCUT2D eigenvalue weighted by Gasteiger charge is -2.10. The number of fused-ring (bicyclic) bond motifs is 1. The van der Waals surface area contributed by atoms with E-state index in [1.165, 1.54) is 0 Å². The molecule has 0 spiro atoms. The van der Waals surface area contributed by atoms with Crippen LogP contribution in [0.2, 0.25) is 0 Å². The number of nitrogens with zero attached hydrogens (tertiary/aromatic N) is 7. The summed E-state index contributed by atoms with van der Waals surface area (Å²) in [6, 6.07) is 3.82. The number of aromatic nitrogens is 7. The molecule has 0 aliphatic heterocycles. The third-order valence-electron chi connectivity index (χ3n) is 4.52. The van der Waals surface area contributed by atoms with Gasteiger partial charge in [-0.1, -0.05) is 6.92 Å². The van der Waals surface area contributed by atoms with E-state index in [0.29, 0.717) is 5.82 Å². The number of rotatable bonds is 7. The molecular weight excluding hydrogens is 340 g/mol. The van der Waals surface area contributed by atoms with Gasteiger partial charge in [0.2, 0.25) is 0 Å². The highest BCUT2D eigenvalue weighted by molar-refractivity contribution is 5.88. The van der Waals surface area contributed by atoms with Crippen molar-refractivity contribution in [2.24, 2.45) is 7.05 Å². The molecule has 0 aromatic carbocycles. The quantitative estimate of drug-likeness (QED) is 0.509. The molecule has 4 aromatic heterocycles. The van der Waals surface area contributed by atoms with Crippen LogP contribution in [0.3, 0.4) is 0 Å². The Kier molecular flexibility index (Phi) is 4.78. The van der Waals surface area contributed by atoms with Crippen molar-refractivity contribution in [2.45, 2.75) is 26.3 Å². The fourth-order valence-electron chi connectivity index (χ4n) is 3.10. The summed E-state index contributed by atoms with van der Waals surface area (Å²) in [5.41, 5.74) is 1.74. The molecule has 0 unspecified atom stereocenters. The second kappa shape index (κ2) is 7.53. The Hall–Kier alpha value is -3.29. The molecule has 0 amide bonds. The van der Waals surface area contributed by atoms with Crippen LogP contribution < -0.4 is 5.32 Å². The summed E-state index contributed by atoms with van der Waals surface area (Å²) < 4.78 is 3.97. The molecule has 138 valence electrons. The minimum absolute atomic E-state index is 0.666. The predicted molar refractivity (Wildman–Crippen MR) is 104 cm³/mol. The van der Waals surface area contributed by atoms with E-state index < -0.39 is 0 Å². The van der Waals surface area contributed by atoms with Gasteiger partial charge in [-0.15, -0.1) is 0 Å². The molecule has 0 aliphatic rings. The summed E-state index contributed by atoms with van der Waals surface area (Å²) >= 11 is 0. The van der Waals surface area contributed by atoms with Crippen LogP contribution >= 0.6 is 0 Å². The van der Waals surface area contributed by atoms with Crippen LogP contribution in [0.25, 0.3) is 22.4 Å². The first kappa shape index (κ1) is 17.1. The Morgan fingerprint density at radius 2 is 1.96 bits per heavy atom. The highest BCUT2D eigenvalue weighted by atomic mass is 15.3. The first-order valence-electron chi connectivity index (χ1n) is 9.10. The minimum atomic E-state index is 0.666. The van der Waals surface area contributed by atoms with Gasteiger partial charge in [0.1, 0.15) is 11.6 Å². The molecule has 4 heterocycles. The maximum absolute atomic E-state index is 4.73. The molecule has 27 heavy (non-hydrogen) atoms. The largest absolute Gasteiger partial charge is 0.369 e. The van der Waals surface area contributed by atoms with Crippen LogP contribution in [0, 0.1) is 0 Å². The van der Waals surface area contributed by atoms with E-state index in [2.05, 4.69) is 36.9 Å². The molecule has 0 fully saturated rings. The summed E-state index contributed by atoms with van der Waals surface area (Å²) in [6.45, 7) is 3.85. The zero-order chi connectivity index (χ0) is 18.6. The van der Waals surface area contributed by atoms with E-state index >= 15 is 0 Å². The van der Waals surface area contributed by atoms with E-state index in [4.69, 9.17) is 4.98 Å². The van der Waals surface area contributed by atoms with Crippen molar-refractivity contribution in [1.29, 1.82) is 0 Å². The van der Waals surface area contributed by atoms with E-state index in [1.807, 2.05) is 31.6 Å².